The van der Waals surface area contributed by atoms with Gasteiger partial charge >= 0.3 is 0 Å². The third kappa shape index (κ3) is 2.97. The first kappa shape index (κ1) is 15.2. The van der Waals surface area contributed by atoms with E-state index >= 15 is 0 Å². The number of carbonyl (C=O) groups excluding carboxylic acids is 1. The molecule has 0 aromatic rings. The van der Waals surface area contributed by atoms with Crippen LogP contribution in [0.1, 0.15) is 65.7 Å². The third-order valence-electron chi connectivity index (χ3n) is 5.87. The molecule has 0 radical (unpaired) electrons. The lowest BCUT2D eigenvalue weighted by atomic mass is 9.71. The van der Waals surface area contributed by atoms with E-state index in [1.807, 2.05) is 0 Å². The fraction of sp³-hybridized carbons (Fsp3) is 0.938. The molecule has 1 atom stereocenters. The third-order valence-corrected chi connectivity index (χ3v) is 10.4. The highest BCUT2D eigenvalue weighted by atomic mass is 28.4. The van der Waals surface area contributed by atoms with Crippen LogP contribution in [0.4, 0.5) is 0 Å². The lowest BCUT2D eigenvalue weighted by Gasteiger charge is -2.45. The van der Waals surface area contributed by atoms with Gasteiger partial charge in [-0.25, -0.2) is 0 Å². The summed E-state index contributed by atoms with van der Waals surface area (Å²) in [5.41, 5.74) is 0.337. The van der Waals surface area contributed by atoms with Crippen LogP contribution in [0.15, 0.2) is 0 Å². The topological polar surface area (TPSA) is 26.3 Å². The van der Waals surface area contributed by atoms with Crippen molar-refractivity contribution in [1.82, 2.24) is 0 Å². The monoisotopic (exact) mass is 282 g/mol. The zero-order valence-electron chi connectivity index (χ0n) is 13.3. The van der Waals surface area contributed by atoms with Crippen LogP contribution in [0, 0.1) is 5.41 Å². The van der Waals surface area contributed by atoms with Crippen LogP contribution in [0.2, 0.25) is 18.1 Å². The molecular weight excluding hydrogens is 252 g/mol. The first-order chi connectivity index (χ1) is 8.66. The number of hydrogen-bond acceptors (Lipinski definition) is 2. The van der Waals surface area contributed by atoms with Crippen molar-refractivity contribution in [2.24, 2.45) is 5.41 Å². The minimum atomic E-state index is -1.68. The van der Waals surface area contributed by atoms with E-state index in [4.69, 9.17) is 4.43 Å². The molecular formula is C16H30O2Si. The Morgan fingerprint density at radius 3 is 2.26 bits per heavy atom. The lowest BCUT2D eigenvalue weighted by Crippen LogP contribution is -2.48. The molecule has 0 heterocycles. The predicted molar refractivity (Wildman–Crippen MR) is 81.8 cm³/mol. The number of Topliss-reactive ketones (excluding diaryl/α,β-unsaturated/α-hetero) is 1. The summed E-state index contributed by atoms with van der Waals surface area (Å²) in [5, 5.41) is 0.279. The molecule has 0 N–H and O–H groups in total. The molecule has 2 fully saturated rings. The second kappa shape index (κ2) is 4.99. The number of ketones is 1. The SMILES string of the molecule is CC(C)(C)[Si](C)(C)OC1CCCC12CCC(=O)CC2. The van der Waals surface area contributed by atoms with Crippen LogP contribution in [-0.2, 0) is 9.22 Å². The van der Waals surface area contributed by atoms with Crippen molar-refractivity contribution >= 4 is 14.1 Å². The van der Waals surface area contributed by atoms with E-state index in [1.165, 1.54) is 19.3 Å². The van der Waals surface area contributed by atoms with Crippen molar-refractivity contribution < 1.29 is 9.22 Å². The summed E-state index contributed by atoms with van der Waals surface area (Å²) in [5.74, 6) is 0.462. The molecule has 0 aromatic carbocycles. The van der Waals surface area contributed by atoms with Gasteiger partial charge in [0, 0.05) is 12.8 Å². The molecule has 1 unspecified atom stereocenters. The van der Waals surface area contributed by atoms with Crippen LogP contribution in [0.25, 0.3) is 0 Å². The first-order valence-corrected chi connectivity index (χ1v) is 10.8. The zero-order valence-corrected chi connectivity index (χ0v) is 14.3. The van der Waals surface area contributed by atoms with Gasteiger partial charge in [0.15, 0.2) is 8.32 Å². The zero-order chi connectivity index (χ0) is 14.3. The molecule has 0 aromatic heterocycles. The van der Waals surface area contributed by atoms with Gasteiger partial charge in [0.2, 0.25) is 0 Å². The maximum Gasteiger partial charge on any atom is 0.192 e. The van der Waals surface area contributed by atoms with Crippen molar-refractivity contribution in [1.29, 1.82) is 0 Å². The Bertz CT molecular complexity index is 344. The molecule has 2 aliphatic carbocycles. The largest absolute Gasteiger partial charge is 0.413 e. The van der Waals surface area contributed by atoms with Crippen LogP contribution >= 0.6 is 0 Å². The molecule has 2 rings (SSSR count). The molecule has 19 heavy (non-hydrogen) atoms. The van der Waals surface area contributed by atoms with Crippen LogP contribution in [-0.4, -0.2) is 20.2 Å². The fourth-order valence-corrected chi connectivity index (χ4v) is 4.85. The maximum absolute atomic E-state index is 11.5. The highest BCUT2D eigenvalue weighted by Gasteiger charge is 2.49. The highest BCUT2D eigenvalue weighted by Crippen LogP contribution is 2.52. The summed E-state index contributed by atoms with van der Waals surface area (Å²) in [6.07, 6.45) is 7.92. The van der Waals surface area contributed by atoms with E-state index < -0.39 is 8.32 Å². The van der Waals surface area contributed by atoms with Crippen molar-refractivity contribution in [3.63, 3.8) is 0 Å². The van der Waals surface area contributed by atoms with Crippen molar-refractivity contribution in [2.75, 3.05) is 0 Å². The molecule has 0 amide bonds. The molecule has 110 valence electrons. The number of rotatable bonds is 2. The van der Waals surface area contributed by atoms with Crippen molar-refractivity contribution in [2.45, 2.75) is 90.0 Å². The van der Waals surface area contributed by atoms with Crippen molar-refractivity contribution in [3.05, 3.63) is 0 Å². The standard InChI is InChI=1S/C16H30O2Si/c1-15(2,3)19(4,5)18-14-7-6-10-16(14)11-8-13(17)9-12-16/h14H,6-12H2,1-5H3. The van der Waals surface area contributed by atoms with Gasteiger partial charge in [-0.05, 0) is 49.2 Å². The van der Waals surface area contributed by atoms with E-state index in [-0.39, 0.29) is 5.04 Å². The quantitative estimate of drug-likeness (QED) is 0.687. The van der Waals surface area contributed by atoms with E-state index in [1.54, 1.807) is 0 Å². The average molecular weight is 282 g/mol. The summed E-state index contributed by atoms with van der Waals surface area (Å²) in [7, 11) is -1.68. The highest BCUT2D eigenvalue weighted by molar-refractivity contribution is 6.74. The minimum absolute atomic E-state index is 0.279. The van der Waals surface area contributed by atoms with Gasteiger partial charge in [-0.2, -0.15) is 0 Å². The second-order valence-electron chi connectivity index (χ2n) is 8.16. The summed E-state index contributed by atoms with van der Waals surface area (Å²) < 4.78 is 6.72. The van der Waals surface area contributed by atoms with E-state index in [2.05, 4.69) is 33.9 Å². The molecule has 0 aliphatic heterocycles. The molecule has 2 aliphatic rings. The van der Waals surface area contributed by atoms with Gasteiger partial charge in [0.1, 0.15) is 5.78 Å². The fourth-order valence-electron chi connectivity index (χ4n) is 3.42. The van der Waals surface area contributed by atoms with Crippen LogP contribution in [0.3, 0.4) is 0 Å². The summed E-state index contributed by atoms with van der Waals surface area (Å²) >= 11 is 0. The molecule has 3 heteroatoms. The Kier molecular flexibility index (Phi) is 4.01. The molecule has 2 saturated carbocycles. The Labute approximate surface area is 119 Å². The smallest absolute Gasteiger partial charge is 0.192 e. The lowest BCUT2D eigenvalue weighted by molar-refractivity contribution is -0.123. The van der Waals surface area contributed by atoms with E-state index in [0.29, 0.717) is 17.3 Å². The Hall–Kier alpha value is -0.153. The summed E-state index contributed by atoms with van der Waals surface area (Å²) in [4.78, 5) is 11.5. The van der Waals surface area contributed by atoms with Gasteiger partial charge in [-0.3, -0.25) is 4.79 Å². The molecule has 2 nitrogen and oxygen atoms in total. The predicted octanol–water partition coefficient (Wildman–Crippen LogP) is 4.69. The maximum atomic E-state index is 11.5. The Morgan fingerprint density at radius 2 is 1.74 bits per heavy atom. The van der Waals surface area contributed by atoms with Gasteiger partial charge in [0.25, 0.3) is 0 Å². The molecule has 1 spiro atoms. The Balaban J connectivity index is 2.09. The van der Waals surface area contributed by atoms with Gasteiger partial charge in [-0.1, -0.05) is 27.2 Å². The van der Waals surface area contributed by atoms with E-state index in [0.717, 1.165) is 25.7 Å². The number of hydrogen-bond donors (Lipinski definition) is 0. The van der Waals surface area contributed by atoms with Crippen LogP contribution in [0.5, 0.6) is 0 Å². The van der Waals surface area contributed by atoms with Gasteiger partial charge in [-0.15, -0.1) is 0 Å². The summed E-state index contributed by atoms with van der Waals surface area (Å²) in [6, 6.07) is 0. The van der Waals surface area contributed by atoms with Gasteiger partial charge in [0.05, 0.1) is 6.10 Å². The second-order valence-corrected chi connectivity index (χ2v) is 12.9. The number of carbonyl (C=O) groups is 1. The average Bonchev–Trinajstić information content (AvgIpc) is 2.64. The van der Waals surface area contributed by atoms with Crippen LogP contribution < -0.4 is 0 Å². The molecule has 0 bridgehead atoms. The van der Waals surface area contributed by atoms with Gasteiger partial charge < -0.3 is 4.43 Å². The Morgan fingerprint density at radius 1 is 1.16 bits per heavy atom. The molecule has 0 saturated heterocycles. The minimum Gasteiger partial charge on any atom is -0.413 e. The normalized spacial score (nSPS) is 28.1. The van der Waals surface area contributed by atoms with E-state index in [9.17, 15) is 4.79 Å². The summed E-state index contributed by atoms with van der Waals surface area (Å²) in [6.45, 7) is 11.6. The van der Waals surface area contributed by atoms with Crippen molar-refractivity contribution in [3.8, 4) is 0 Å². The first-order valence-electron chi connectivity index (χ1n) is 7.86.